The number of hydrogen-bond acceptors (Lipinski definition) is 6. The zero-order valence-electron chi connectivity index (χ0n) is 31.2. The highest BCUT2D eigenvalue weighted by Crippen LogP contribution is 2.18. The molecule has 9 heteroatoms. The maximum absolute atomic E-state index is 12.7. The summed E-state index contributed by atoms with van der Waals surface area (Å²) in [7, 11) is 0. The Morgan fingerprint density at radius 3 is 1.71 bits per heavy atom. The fraction of sp³-hybridized carbons (Fsp3) is 0.800. The molecule has 0 saturated heterocycles. The number of hydrogen-bond donors (Lipinski definition) is 4. The van der Waals surface area contributed by atoms with Gasteiger partial charge in [0.2, 0.25) is 11.8 Å². The summed E-state index contributed by atoms with van der Waals surface area (Å²) < 4.78 is 5.98. The number of aliphatic hydroxyl groups is 1. The normalized spacial score (nSPS) is 12.7. The lowest BCUT2D eigenvalue weighted by atomic mass is 10.0. The van der Waals surface area contributed by atoms with Gasteiger partial charge in [0.05, 0.1) is 13.2 Å². The van der Waals surface area contributed by atoms with Crippen LogP contribution in [0.4, 0.5) is 0 Å². The van der Waals surface area contributed by atoms with E-state index in [2.05, 4.69) is 48.8 Å². The van der Waals surface area contributed by atoms with Gasteiger partial charge in [0.1, 0.15) is 12.1 Å². The Bertz CT molecular complexity index is 890. The van der Waals surface area contributed by atoms with Gasteiger partial charge in [-0.2, -0.15) is 0 Å². The Labute approximate surface area is 298 Å². The Kier molecular flexibility index (Phi) is 33.2. The first-order chi connectivity index (χ1) is 23.8. The number of carbonyl (C=O) groups is 4. The van der Waals surface area contributed by atoms with Crippen LogP contribution in [0.25, 0.3) is 0 Å². The summed E-state index contributed by atoms with van der Waals surface area (Å²) in [6.07, 6.45) is 36.3. The summed E-state index contributed by atoms with van der Waals surface area (Å²) in [5, 5.41) is 22.5. The molecule has 0 aliphatic carbocycles. The molecular weight excluding hydrogens is 620 g/mol. The minimum atomic E-state index is -1.38. The number of nitrogens with one attached hydrogen (secondary N) is 2. The highest BCUT2D eigenvalue weighted by Gasteiger charge is 2.19. The van der Waals surface area contributed by atoms with Crippen LogP contribution in [-0.2, 0) is 23.9 Å². The van der Waals surface area contributed by atoms with E-state index in [4.69, 9.17) is 14.9 Å². The lowest BCUT2D eigenvalue weighted by Gasteiger charge is -2.18. The quantitative estimate of drug-likeness (QED) is 0.0295. The van der Waals surface area contributed by atoms with E-state index in [1.54, 1.807) is 0 Å². The van der Waals surface area contributed by atoms with Crippen LogP contribution in [0.3, 0.4) is 0 Å². The summed E-state index contributed by atoms with van der Waals surface area (Å²) in [5.74, 6) is -2.31. The number of carboxylic acids is 1. The van der Waals surface area contributed by atoms with Crippen LogP contribution in [0.15, 0.2) is 24.3 Å². The van der Waals surface area contributed by atoms with Crippen molar-refractivity contribution in [3.63, 3.8) is 0 Å². The summed E-state index contributed by atoms with van der Waals surface area (Å²) in [6, 6.07) is -1.38. The highest BCUT2D eigenvalue weighted by atomic mass is 16.5. The van der Waals surface area contributed by atoms with Gasteiger partial charge in [0.15, 0.2) is 0 Å². The fourth-order valence-electron chi connectivity index (χ4n) is 5.63. The number of rotatable bonds is 35. The van der Waals surface area contributed by atoms with E-state index in [1.165, 1.54) is 64.2 Å². The molecule has 0 radical (unpaired) electrons. The van der Waals surface area contributed by atoms with Crippen molar-refractivity contribution >= 4 is 23.8 Å². The monoisotopic (exact) mass is 693 g/mol. The average molecular weight is 693 g/mol. The first-order valence-electron chi connectivity index (χ1n) is 19.7. The van der Waals surface area contributed by atoms with Gasteiger partial charge in [-0.1, -0.05) is 128 Å². The summed E-state index contributed by atoms with van der Waals surface area (Å²) in [5.41, 5.74) is 0. The third-order valence-corrected chi connectivity index (χ3v) is 8.68. The summed E-state index contributed by atoms with van der Waals surface area (Å²) >= 11 is 0. The lowest BCUT2D eigenvalue weighted by Crippen LogP contribution is -2.47. The standard InChI is InChI=1S/C40H72N2O7/c1-3-5-7-9-11-13-14-15-16-17-19-24-28-32-39(46)49-35(29-25-21-18-12-10-8-6-4-2)30-26-22-20-23-27-31-37(44)41-33-38(45)42-36(34-43)40(47)48/h7,9,13-14,35-36,43H,3-6,8,10-12,15-34H2,1-2H3,(H,41,44)(H,42,45)(H,47,48)/b9-7-,14-13-. The Hall–Kier alpha value is -2.68. The van der Waals surface area contributed by atoms with E-state index >= 15 is 0 Å². The van der Waals surface area contributed by atoms with E-state index in [1.807, 2.05) is 0 Å². The zero-order valence-corrected chi connectivity index (χ0v) is 31.2. The topological polar surface area (TPSA) is 142 Å². The molecule has 0 spiro atoms. The molecule has 0 bridgehead atoms. The Morgan fingerprint density at radius 2 is 1.14 bits per heavy atom. The van der Waals surface area contributed by atoms with Gasteiger partial charge in [-0.25, -0.2) is 4.79 Å². The number of allylic oxidation sites excluding steroid dienone is 4. The molecule has 0 aromatic carbocycles. The second-order valence-corrected chi connectivity index (χ2v) is 13.4. The molecule has 0 rings (SSSR count). The Balaban J connectivity index is 4.25. The van der Waals surface area contributed by atoms with Gasteiger partial charge in [-0.05, 0) is 64.2 Å². The summed E-state index contributed by atoms with van der Waals surface area (Å²) in [4.78, 5) is 47.3. The van der Waals surface area contributed by atoms with Gasteiger partial charge in [0, 0.05) is 12.8 Å². The van der Waals surface area contributed by atoms with Crippen LogP contribution in [0.2, 0.25) is 0 Å². The highest BCUT2D eigenvalue weighted by molar-refractivity contribution is 5.87. The average Bonchev–Trinajstić information content (AvgIpc) is 3.08. The Morgan fingerprint density at radius 1 is 0.612 bits per heavy atom. The number of aliphatic hydroxyl groups excluding tert-OH is 1. The van der Waals surface area contributed by atoms with E-state index in [-0.39, 0.29) is 24.5 Å². The SMILES string of the molecule is CCC/C=C\C/C=C\CCCCCCCC(=O)OC(CCCCCCCCCC)CCCCCCCC(=O)NCC(=O)NC(CO)C(=O)O. The number of carbonyl (C=O) groups excluding carboxylic acids is 3. The van der Waals surface area contributed by atoms with E-state index < -0.39 is 24.5 Å². The zero-order chi connectivity index (χ0) is 36.2. The third kappa shape index (κ3) is 32.3. The molecule has 2 atom stereocenters. The van der Waals surface area contributed by atoms with Crippen molar-refractivity contribution < 1.29 is 34.1 Å². The van der Waals surface area contributed by atoms with Gasteiger partial charge in [0.25, 0.3) is 0 Å². The molecule has 9 nitrogen and oxygen atoms in total. The molecule has 0 heterocycles. The van der Waals surface area contributed by atoms with Crippen molar-refractivity contribution in [1.82, 2.24) is 10.6 Å². The second-order valence-electron chi connectivity index (χ2n) is 13.4. The molecule has 2 unspecified atom stereocenters. The molecule has 0 aromatic rings. The molecule has 49 heavy (non-hydrogen) atoms. The minimum Gasteiger partial charge on any atom is -0.480 e. The van der Waals surface area contributed by atoms with Crippen LogP contribution in [0, 0.1) is 0 Å². The molecule has 284 valence electrons. The molecule has 0 aliphatic heterocycles. The van der Waals surface area contributed by atoms with Gasteiger partial charge >= 0.3 is 11.9 Å². The fourth-order valence-corrected chi connectivity index (χ4v) is 5.63. The number of ether oxygens (including phenoxy) is 1. The van der Waals surface area contributed by atoms with Crippen LogP contribution in [0.1, 0.15) is 181 Å². The number of carboxylic acid groups (broad SMARTS) is 1. The van der Waals surface area contributed by atoms with Crippen molar-refractivity contribution in [2.75, 3.05) is 13.2 Å². The molecule has 0 aromatic heterocycles. The van der Waals surface area contributed by atoms with Gasteiger partial charge < -0.3 is 25.6 Å². The minimum absolute atomic E-state index is 0.0142. The van der Waals surface area contributed by atoms with Crippen LogP contribution < -0.4 is 10.6 Å². The third-order valence-electron chi connectivity index (χ3n) is 8.68. The van der Waals surface area contributed by atoms with Crippen LogP contribution in [-0.4, -0.2) is 59.3 Å². The van der Waals surface area contributed by atoms with Gasteiger partial charge in [-0.15, -0.1) is 0 Å². The van der Waals surface area contributed by atoms with E-state index in [0.717, 1.165) is 83.5 Å². The van der Waals surface area contributed by atoms with Gasteiger partial charge in [-0.3, -0.25) is 14.4 Å². The number of aliphatic carboxylic acids is 1. The number of esters is 1. The van der Waals surface area contributed by atoms with Crippen LogP contribution in [0.5, 0.6) is 0 Å². The van der Waals surface area contributed by atoms with Crippen molar-refractivity contribution in [3.05, 3.63) is 24.3 Å². The van der Waals surface area contributed by atoms with E-state index in [0.29, 0.717) is 19.3 Å². The maximum Gasteiger partial charge on any atom is 0.328 e. The van der Waals surface area contributed by atoms with Crippen molar-refractivity contribution in [2.45, 2.75) is 193 Å². The van der Waals surface area contributed by atoms with Crippen molar-refractivity contribution in [2.24, 2.45) is 0 Å². The number of amides is 2. The van der Waals surface area contributed by atoms with Crippen molar-refractivity contribution in [3.8, 4) is 0 Å². The molecule has 0 saturated carbocycles. The summed E-state index contributed by atoms with van der Waals surface area (Å²) in [6.45, 7) is 3.40. The first kappa shape index (κ1) is 46.3. The maximum atomic E-state index is 12.7. The second kappa shape index (κ2) is 35.2. The first-order valence-corrected chi connectivity index (χ1v) is 19.7. The van der Waals surface area contributed by atoms with Crippen LogP contribution >= 0.6 is 0 Å². The molecule has 2 amide bonds. The number of unbranched alkanes of at least 4 members (excludes halogenated alkanes) is 17. The van der Waals surface area contributed by atoms with Crippen molar-refractivity contribution in [1.29, 1.82) is 0 Å². The van der Waals surface area contributed by atoms with E-state index in [9.17, 15) is 19.2 Å². The lowest BCUT2D eigenvalue weighted by molar-refractivity contribution is -0.150. The smallest absolute Gasteiger partial charge is 0.328 e. The predicted molar refractivity (Wildman–Crippen MR) is 199 cm³/mol. The molecular formula is C40H72N2O7. The molecule has 0 aliphatic rings. The molecule has 0 fully saturated rings. The predicted octanol–water partition coefficient (Wildman–Crippen LogP) is 8.87. The largest absolute Gasteiger partial charge is 0.480 e. The molecule has 4 N–H and O–H groups in total.